The molecule has 0 unspecified atom stereocenters. The van der Waals surface area contributed by atoms with Gasteiger partial charge in [-0.05, 0) is 41.5 Å². The summed E-state index contributed by atoms with van der Waals surface area (Å²) in [7, 11) is 3.16. The van der Waals surface area contributed by atoms with E-state index in [4.69, 9.17) is 18.9 Å². The smallest absolute Gasteiger partial charge is 0.244 e. The standard InChI is InChI=1S/C19H19NO5/c1-22-15-6-4-14(10-17(15)23-2)11-20-19(21)8-5-13-3-7-16-18(9-13)25-12-24-16/h3-10H,11-12H2,1-2H3,(H,20,21)/b8-5+. The Balaban J connectivity index is 1.57. The van der Waals surface area contributed by atoms with Crippen LogP contribution in [0.15, 0.2) is 42.5 Å². The molecule has 1 heterocycles. The summed E-state index contributed by atoms with van der Waals surface area (Å²) in [5.74, 6) is 2.50. The van der Waals surface area contributed by atoms with Crippen molar-refractivity contribution in [1.82, 2.24) is 5.32 Å². The van der Waals surface area contributed by atoms with Crippen molar-refractivity contribution < 1.29 is 23.7 Å². The molecule has 0 atom stereocenters. The number of nitrogens with one attached hydrogen (secondary N) is 1. The fraction of sp³-hybridized carbons (Fsp3) is 0.211. The number of benzene rings is 2. The van der Waals surface area contributed by atoms with E-state index < -0.39 is 0 Å². The molecule has 130 valence electrons. The van der Waals surface area contributed by atoms with Crippen LogP contribution in [-0.4, -0.2) is 26.9 Å². The molecule has 6 nitrogen and oxygen atoms in total. The third-order valence-electron chi connectivity index (χ3n) is 3.74. The summed E-state index contributed by atoms with van der Waals surface area (Å²) in [5.41, 5.74) is 1.79. The number of carbonyl (C=O) groups is 1. The summed E-state index contributed by atoms with van der Waals surface area (Å²) in [6.07, 6.45) is 3.21. The van der Waals surface area contributed by atoms with E-state index in [0.29, 0.717) is 23.8 Å². The van der Waals surface area contributed by atoms with Crippen molar-refractivity contribution in [2.75, 3.05) is 21.0 Å². The van der Waals surface area contributed by atoms with Crippen molar-refractivity contribution in [3.63, 3.8) is 0 Å². The van der Waals surface area contributed by atoms with E-state index in [1.165, 1.54) is 6.08 Å². The number of hydrogen-bond acceptors (Lipinski definition) is 5. The largest absolute Gasteiger partial charge is 0.493 e. The maximum atomic E-state index is 12.0. The zero-order valence-electron chi connectivity index (χ0n) is 14.1. The van der Waals surface area contributed by atoms with Gasteiger partial charge >= 0.3 is 0 Å². The molecule has 0 fully saturated rings. The maximum Gasteiger partial charge on any atom is 0.244 e. The van der Waals surface area contributed by atoms with Gasteiger partial charge in [-0.15, -0.1) is 0 Å². The van der Waals surface area contributed by atoms with Gasteiger partial charge in [-0.2, -0.15) is 0 Å². The summed E-state index contributed by atoms with van der Waals surface area (Å²) in [4.78, 5) is 12.0. The van der Waals surface area contributed by atoms with E-state index in [1.54, 1.807) is 20.3 Å². The van der Waals surface area contributed by atoms with E-state index in [0.717, 1.165) is 16.9 Å². The van der Waals surface area contributed by atoms with Crippen molar-refractivity contribution in [1.29, 1.82) is 0 Å². The molecule has 2 aromatic carbocycles. The van der Waals surface area contributed by atoms with Crippen LogP contribution in [0.25, 0.3) is 6.08 Å². The summed E-state index contributed by atoms with van der Waals surface area (Å²) < 4.78 is 21.0. The molecular weight excluding hydrogens is 322 g/mol. The quantitative estimate of drug-likeness (QED) is 0.819. The fourth-order valence-corrected chi connectivity index (χ4v) is 2.43. The molecule has 1 aliphatic heterocycles. The van der Waals surface area contributed by atoms with Gasteiger partial charge in [0.25, 0.3) is 0 Å². The highest BCUT2D eigenvalue weighted by molar-refractivity contribution is 5.91. The molecule has 0 radical (unpaired) electrons. The lowest BCUT2D eigenvalue weighted by Gasteiger charge is -2.09. The first-order chi connectivity index (χ1) is 12.2. The van der Waals surface area contributed by atoms with Crippen LogP contribution in [0.1, 0.15) is 11.1 Å². The van der Waals surface area contributed by atoms with Crippen LogP contribution in [0, 0.1) is 0 Å². The Morgan fingerprint density at radius 1 is 1.08 bits per heavy atom. The monoisotopic (exact) mass is 341 g/mol. The van der Waals surface area contributed by atoms with Gasteiger partial charge in [0.2, 0.25) is 12.7 Å². The lowest BCUT2D eigenvalue weighted by atomic mass is 10.2. The van der Waals surface area contributed by atoms with Crippen molar-refractivity contribution in [3.8, 4) is 23.0 Å². The molecule has 1 aliphatic rings. The highest BCUT2D eigenvalue weighted by Crippen LogP contribution is 2.32. The minimum absolute atomic E-state index is 0.188. The van der Waals surface area contributed by atoms with Crippen molar-refractivity contribution in [2.24, 2.45) is 0 Å². The molecular formula is C19H19NO5. The molecule has 0 aliphatic carbocycles. The van der Waals surface area contributed by atoms with Gasteiger partial charge in [0.05, 0.1) is 14.2 Å². The number of ether oxygens (including phenoxy) is 4. The summed E-state index contributed by atoms with van der Waals surface area (Å²) in [6, 6.07) is 11.0. The van der Waals surface area contributed by atoms with Crippen molar-refractivity contribution >= 4 is 12.0 Å². The second-order valence-corrected chi connectivity index (χ2v) is 5.35. The SMILES string of the molecule is COc1ccc(CNC(=O)/C=C/c2ccc3c(c2)OCO3)cc1OC. The number of fused-ring (bicyclic) bond motifs is 1. The van der Waals surface area contributed by atoms with Crippen LogP contribution in [0.5, 0.6) is 23.0 Å². The minimum Gasteiger partial charge on any atom is -0.493 e. The van der Waals surface area contributed by atoms with E-state index in [2.05, 4.69) is 5.32 Å². The highest BCUT2D eigenvalue weighted by atomic mass is 16.7. The molecule has 25 heavy (non-hydrogen) atoms. The fourth-order valence-electron chi connectivity index (χ4n) is 2.43. The Bertz CT molecular complexity index is 800. The Morgan fingerprint density at radius 2 is 1.88 bits per heavy atom. The van der Waals surface area contributed by atoms with E-state index >= 15 is 0 Å². The van der Waals surface area contributed by atoms with Crippen molar-refractivity contribution in [2.45, 2.75) is 6.54 Å². The third kappa shape index (κ3) is 4.03. The number of hydrogen-bond donors (Lipinski definition) is 1. The average Bonchev–Trinajstić information content (AvgIpc) is 3.12. The molecule has 1 N–H and O–H groups in total. The summed E-state index contributed by atoms with van der Waals surface area (Å²) >= 11 is 0. The number of carbonyl (C=O) groups excluding carboxylic acids is 1. The molecule has 0 saturated heterocycles. The zero-order chi connectivity index (χ0) is 17.6. The van der Waals surface area contributed by atoms with Gasteiger partial charge in [0.1, 0.15) is 0 Å². The van der Waals surface area contributed by atoms with E-state index in [-0.39, 0.29) is 12.7 Å². The van der Waals surface area contributed by atoms with Gasteiger partial charge in [0.15, 0.2) is 23.0 Å². The molecule has 0 bridgehead atoms. The second kappa shape index (κ2) is 7.61. The number of methoxy groups -OCH3 is 2. The van der Waals surface area contributed by atoms with Gasteiger partial charge in [-0.3, -0.25) is 4.79 Å². The predicted octanol–water partition coefficient (Wildman–Crippen LogP) is 2.76. The van der Waals surface area contributed by atoms with E-state index in [9.17, 15) is 4.79 Å². The highest BCUT2D eigenvalue weighted by Gasteiger charge is 2.12. The first-order valence-electron chi connectivity index (χ1n) is 7.76. The first kappa shape index (κ1) is 16.7. The summed E-state index contributed by atoms with van der Waals surface area (Å²) in [6.45, 7) is 0.624. The van der Waals surface area contributed by atoms with Crippen LogP contribution in [0.3, 0.4) is 0 Å². The van der Waals surface area contributed by atoms with Crippen LogP contribution in [0.4, 0.5) is 0 Å². The van der Waals surface area contributed by atoms with Gasteiger partial charge < -0.3 is 24.3 Å². The van der Waals surface area contributed by atoms with Gasteiger partial charge in [-0.1, -0.05) is 12.1 Å². The molecule has 0 saturated carbocycles. The van der Waals surface area contributed by atoms with Crippen LogP contribution in [0.2, 0.25) is 0 Å². The van der Waals surface area contributed by atoms with Crippen LogP contribution >= 0.6 is 0 Å². The normalized spacial score (nSPS) is 12.2. The second-order valence-electron chi connectivity index (χ2n) is 5.35. The lowest BCUT2D eigenvalue weighted by Crippen LogP contribution is -2.20. The van der Waals surface area contributed by atoms with Crippen LogP contribution < -0.4 is 24.3 Å². The third-order valence-corrected chi connectivity index (χ3v) is 3.74. The van der Waals surface area contributed by atoms with E-state index in [1.807, 2.05) is 36.4 Å². The van der Waals surface area contributed by atoms with Gasteiger partial charge in [0, 0.05) is 12.6 Å². The zero-order valence-corrected chi connectivity index (χ0v) is 14.1. The average molecular weight is 341 g/mol. The molecule has 0 spiro atoms. The lowest BCUT2D eigenvalue weighted by molar-refractivity contribution is -0.116. The maximum absolute atomic E-state index is 12.0. The Kier molecular flexibility index (Phi) is 5.09. The molecule has 1 amide bonds. The number of rotatable bonds is 6. The first-order valence-corrected chi connectivity index (χ1v) is 7.76. The van der Waals surface area contributed by atoms with Crippen LogP contribution in [-0.2, 0) is 11.3 Å². The van der Waals surface area contributed by atoms with Gasteiger partial charge in [-0.25, -0.2) is 0 Å². The topological polar surface area (TPSA) is 66.0 Å². The molecule has 3 rings (SSSR count). The predicted molar refractivity (Wildman–Crippen MR) is 93.0 cm³/mol. The Labute approximate surface area is 146 Å². The molecule has 2 aromatic rings. The Hall–Kier alpha value is -3.15. The van der Waals surface area contributed by atoms with Crippen molar-refractivity contribution in [3.05, 3.63) is 53.6 Å². The minimum atomic E-state index is -0.188. The Morgan fingerprint density at radius 3 is 2.68 bits per heavy atom. The number of amides is 1. The summed E-state index contributed by atoms with van der Waals surface area (Å²) in [5, 5.41) is 2.83. The molecule has 6 heteroatoms. The molecule has 0 aromatic heterocycles.